The van der Waals surface area contributed by atoms with Gasteiger partial charge in [-0.2, -0.15) is 13.9 Å². The van der Waals surface area contributed by atoms with Gasteiger partial charge in [-0.15, -0.1) is 0 Å². The Morgan fingerprint density at radius 1 is 1.12 bits per heavy atom. The van der Waals surface area contributed by atoms with Crippen molar-refractivity contribution in [2.24, 2.45) is 13.0 Å². The van der Waals surface area contributed by atoms with Crippen molar-refractivity contribution in [1.29, 1.82) is 0 Å². The van der Waals surface area contributed by atoms with E-state index in [1.54, 1.807) is 37.4 Å². The van der Waals surface area contributed by atoms with Crippen LogP contribution in [-0.4, -0.2) is 41.2 Å². The summed E-state index contributed by atoms with van der Waals surface area (Å²) in [7, 11) is 1.62. The predicted molar refractivity (Wildman–Crippen MR) is 173 cm³/mol. The predicted octanol–water partition coefficient (Wildman–Crippen LogP) is 5.77. The Morgan fingerprint density at radius 3 is 2.53 bits per heavy atom. The maximum Gasteiger partial charge on any atom is 0.293 e. The zero-order valence-electron chi connectivity index (χ0n) is 27.4. The van der Waals surface area contributed by atoms with Crippen molar-refractivity contribution in [2.45, 2.75) is 63.1 Å². The van der Waals surface area contributed by atoms with Crippen LogP contribution in [0.15, 0.2) is 53.3 Å². The first-order valence-electron chi connectivity index (χ1n) is 16.0. The minimum absolute atomic E-state index is 0.0461. The zero-order chi connectivity index (χ0) is 36.6. The number of benzene rings is 2. The van der Waals surface area contributed by atoms with E-state index >= 15 is 8.78 Å². The van der Waals surface area contributed by atoms with E-state index in [9.17, 15) is 32.3 Å². The van der Waals surface area contributed by atoms with E-state index in [0.29, 0.717) is 32.8 Å². The Kier molecular flexibility index (Phi) is 8.13. The summed E-state index contributed by atoms with van der Waals surface area (Å²) in [5.74, 6) is -2.66. The Hall–Kier alpha value is -5.36. The van der Waals surface area contributed by atoms with Crippen LogP contribution in [0, 0.1) is 29.4 Å². The molecular weight excluding hydrogens is 678 g/mol. The van der Waals surface area contributed by atoms with Crippen molar-refractivity contribution in [3.05, 3.63) is 104 Å². The lowest BCUT2D eigenvalue weighted by molar-refractivity contribution is -0.123. The van der Waals surface area contributed by atoms with Crippen molar-refractivity contribution in [3.63, 3.8) is 0 Å². The van der Waals surface area contributed by atoms with E-state index in [1.807, 2.05) is 0 Å². The summed E-state index contributed by atoms with van der Waals surface area (Å²) in [6.45, 7) is 2.05. The summed E-state index contributed by atoms with van der Waals surface area (Å²) < 4.78 is 89.4. The molecule has 2 aromatic carbocycles. The summed E-state index contributed by atoms with van der Waals surface area (Å²) in [5.41, 5.74) is -1.86. The molecular formula is C36H30F6N6O3. The fourth-order valence-corrected chi connectivity index (χ4v) is 6.96. The molecule has 0 radical (unpaired) electrons. The molecule has 5 aromatic rings. The number of aliphatic hydroxyl groups is 1. The number of amides is 1. The topological polar surface area (TPSA) is 118 Å². The van der Waals surface area contributed by atoms with Crippen molar-refractivity contribution in [1.82, 2.24) is 29.9 Å². The normalized spacial score (nSPS) is 17.9. The molecule has 51 heavy (non-hydrogen) atoms. The summed E-state index contributed by atoms with van der Waals surface area (Å²) in [6, 6.07) is 9.67. The Morgan fingerprint density at radius 2 is 1.84 bits per heavy atom. The van der Waals surface area contributed by atoms with Crippen LogP contribution in [-0.2, 0) is 30.7 Å². The highest BCUT2D eigenvalue weighted by molar-refractivity contribution is 5.94. The lowest BCUT2D eigenvalue weighted by Crippen LogP contribution is -2.35. The van der Waals surface area contributed by atoms with Gasteiger partial charge in [0, 0.05) is 35.7 Å². The van der Waals surface area contributed by atoms with Crippen LogP contribution >= 0.6 is 0 Å². The number of fused-ring (bicyclic) bond motifs is 4. The third-order valence-electron chi connectivity index (χ3n) is 9.08. The second kappa shape index (κ2) is 12.2. The first-order chi connectivity index (χ1) is 24.0. The van der Waals surface area contributed by atoms with Crippen LogP contribution in [0.5, 0.6) is 0 Å². The summed E-state index contributed by atoms with van der Waals surface area (Å²) >= 11 is 0. The lowest BCUT2D eigenvalue weighted by atomic mass is 9.93. The number of para-hydroxylation sites is 1. The molecule has 0 bridgehead atoms. The molecule has 3 aromatic heterocycles. The maximum atomic E-state index is 15.3. The van der Waals surface area contributed by atoms with Gasteiger partial charge in [0.1, 0.15) is 40.9 Å². The standard InChI is InChI=1S/C36H30F6N6O3/c1-35(2,51)10-9-20-7-8-21(22-5-4-6-23-31(22)47(3)46-34(23)50)29(43-20)26(13-17-11-18(37)14-19(38)12-17)44-27(49)16-48-32-28(30(45-48)33(39)40)24-15-25(24)36(32,41)42/h4-8,11-12,14,24-26,33,51H,13,15-16H2,1-3H3,(H,44,49)(H,46,50)/t24-,25+,26-/m0/s1. The largest absolute Gasteiger partial charge is 0.378 e. The minimum atomic E-state index is -3.47. The molecule has 0 spiro atoms. The number of H-pyrrole nitrogens is 1. The highest BCUT2D eigenvalue weighted by atomic mass is 19.3. The smallest absolute Gasteiger partial charge is 0.293 e. The molecule has 3 atom stereocenters. The molecule has 3 heterocycles. The molecule has 0 unspecified atom stereocenters. The zero-order valence-corrected chi connectivity index (χ0v) is 27.4. The molecule has 2 aliphatic carbocycles. The van der Waals surface area contributed by atoms with Gasteiger partial charge in [0.25, 0.3) is 17.9 Å². The highest BCUT2D eigenvalue weighted by Crippen LogP contribution is 2.68. The van der Waals surface area contributed by atoms with E-state index in [1.165, 1.54) is 18.5 Å². The first-order valence-corrected chi connectivity index (χ1v) is 16.0. The minimum Gasteiger partial charge on any atom is -0.378 e. The maximum absolute atomic E-state index is 15.3. The van der Waals surface area contributed by atoms with Gasteiger partial charge in [-0.3, -0.25) is 24.1 Å². The number of hydrogen-bond acceptors (Lipinski definition) is 5. The quantitative estimate of drug-likeness (QED) is 0.140. The van der Waals surface area contributed by atoms with E-state index in [0.717, 1.165) is 12.1 Å². The molecule has 1 saturated carbocycles. The monoisotopic (exact) mass is 708 g/mol. The van der Waals surface area contributed by atoms with Crippen molar-refractivity contribution >= 4 is 16.8 Å². The van der Waals surface area contributed by atoms with E-state index in [2.05, 4.69) is 27.4 Å². The Balaban J connectivity index is 1.36. The average molecular weight is 709 g/mol. The average Bonchev–Trinajstić information content (AvgIpc) is 3.60. The number of carbonyl (C=O) groups is 1. The van der Waals surface area contributed by atoms with Gasteiger partial charge >= 0.3 is 0 Å². The lowest BCUT2D eigenvalue weighted by Gasteiger charge is -2.23. The summed E-state index contributed by atoms with van der Waals surface area (Å²) in [4.78, 5) is 31.1. The van der Waals surface area contributed by atoms with Gasteiger partial charge in [-0.25, -0.2) is 22.5 Å². The molecule has 0 saturated heterocycles. The highest BCUT2D eigenvalue weighted by Gasteiger charge is 2.67. The number of hydrogen-bond donors (Lipinski definition) is 3. The second-order valence-electron chi connectivity index (χ2n) is 13.4. The van der Waals surface area contributed by atoms with Crippen LogP contribution < -0.4 is 10.9 Å². The van der Waals surface area contributed by atoms with E-state index < -0.39 is 71.3 Å². The van der Waals surface area contributed by atoms with Crippen molar-refractivity contribution < 1.29 is 36.2 Å². The molecule has 2 aliphatic rings. The number of carbonyl (C=O) groups excluding carboxylic acids is 1. The van der Waals surface area contributed by atoms with Crippen LogP contribution in [0.4, 0.5) is 26.3 Å². The van der Waals surface area contributed by atoms with Gasteiger partial charge < -0.3 is 10.4 Å². The Labute approximate surface area is 286 Å². The summed E-state index contributed by atoms with van der Waals surface area (Å²) in [5, 5.41) is 19.7. The third kappa shape index (κ3) is 6.28. The number of aromatic nitrogens is 5. The van der Waals surface area contributed by atoms with Crippen LogP contribution in [0.3, 0.4) is 0 Å². The molecule has 264 valence electrons. The van der Waals surface area contributed by atoms with Gasteiger partial charge in [-0.05, 0) is 74.4 Å². The molecule has 0 aliphatic heterocycles. The SMILES string of the molecule is Cn1[nH]c(=O)c2cccc(-c3ccc(C#CC(C)(C)O)nc3[C@H](Cc3cc(F)cc(F)c3)NC(=O)Cn3nc(C(F)F)c4c3C(F)(F)[C@@H]3C[C@H]43)c21. The molecule has 15 heteroatoms. The number of alkyl halides is 4. The third-order valence-corrected chi connectivity index (χ3v) is 9.08. The van der Waals surface area contributed by atoms with Gasteiger partial charge in [0.05, 0.1) is 22.6 Å². The molecule has 3 N–H and O–H groups in total. The number of aryl methyl sites for hydroxylation is 1. The molecule has 1 fully saturated rings. The van der Waals surface area contributed by atoms with Crippen molar-refractivity contribution in [2.75, 3.05) is 0 Å². The van der Waals surface area contributed by atoms with Crippen LogP contribution in [0.1, 0.15) is 72.6 Å². The van der Waals surface area contributed by atoms with Gasteiger partial charge in [-0.1, -0.05) is 18.1 Å². The fraction of sp³-hybridized carbons (Fsp3) is 0.333. The number of nitrogens with one attached hydrogen (secondary N) is 2. The van der Waals surface area contributed by atoms with Gasteiger partial charge in [0.2, 0.25) is 5.91 Å². The van der Waals surface area contributed by atoms with Crippen LogP contribution in [0.2, 0.25) is 0 Å². The number of nitrogens with zero attached hydrogens (tertiary/aromatic N) is 4. The van der Waals surface area contributed by atoms with E-state index in [4.69, 9.17) is 4.98 Å². The van der Waals surface area contributed by atoms with Crippen molar-refractivity contribution in [3.8, 4) is 23.0 Å². The fourth-order valence-electron chi connectivity index (χ4n) is 6.96. The summed E-state index contributed by atoms with van der Waals surface area (Å²) in [6.07, 6.45) is -3.37. The van der Waals surface area contributed by atoms with Crippen LogP contribution in [0.25, 0.3) is 22.0 Å². The molecule has 7 rings (SSSR count). The molecule has 9 nitrogen and oxygen atoms in total. The first kappa shape index (κ1) is 34.1. The van der Waals surface area contributed by atoms with Gasteiger partial charge in [0.15, 0.2) is 0 Å². The molecule has 1 amide bonds. The van der Waals surface area contributed by atoms with E-state index in [-0.39, 0.29) is 40.9 Å². The number of pyridine rings is 1. The number of rotatable bonds is 8. The number of halogens is 6. The Bertz CT molecular complexity index is 2320. The number of aromatic amines is 1. The second-order valence-corrected chi connectivity index (χ2v) is 13.4.